The molecule has 0 aromatic heterocycles. The Bertz CT molecular complexity index is 1400. The number of imide groups is 1. The van der Waals surface area contributed by atoms with Crippen LogP contribution >= 0.6 is 27.7 Å². The van der Waals surface area contributed by atoms with Crippen LogP contribution in [0.3, 0.4) is 0 Å². The summed E-state index contributed by atoms with van der Waals surface area (Å²) in [6.45, 7) is 3.60. The first-order chi connectivity index (χ1) is 18.2. The van der Waals surface area contributed by atoms with E-state index >= 15 is 0 Å². The molecule has 0 fully saturated rings. The summed E-state index contributed by atoms with van der Waals surface area (Å²) < 4.78 is 11.4. The second kappa shape index (κ2) is 11.7. The molecule has 0 spiro atoms. The summed E-state index contributed by atoms with van der Waals surface area (Å²) in [5.74, 6) is -0.0750. The number of carbonyl (C=O) groups excluding carboxylic acids is 3. The van der Waals surface area contributed by atoms with Gasteiger partial charge in [0.2, 0.25) is 0 Å². The van der Waals surface area contributed by atoms with Crippen LogP contribution in [0, 0.1) is 0 Å². The van der Waals surface area contributed by atoms with E-state index in [1.807, 2.05) is 24.3 Å². The Labute approximate surface area is 233 Å². The van der Waals surface area contributed by atoms with Crippen molar-refractivity contribution in [2.24, 2.45) is 0 Å². The molecule has 0 aliphatic carbocycles. The number of halogens is 1. The molecule has 0 saturated heterocycles. The number of amides is 3. The number of carbonyl (C=O) groups is 3. The Balaban J connectivity index is 1.54. The second-order valence-corrected chi connectivity index (χ2v) is 10.6. The van der Waals surface area contributed by atoms with Crippen LogP contribution in [0.2, 0.25) is 0 Å². The average Bonchev–Trinajstić information content (AvgIpc) is 3.14. The number of nitrogens with zero attached hydrogens (tertiary/aromatic N) is 1. The molecule has 0 saturated carbocycles. The monoisotopic (exact) mass is 595 g/mol. The lowest BCUT2D eigenvalue weighted by molar-refractivity contribution is -0.139. The van der Waals surface area contributed by atoms with Gasteiger partial charge in [0.05, 0.1) is 19.8 Å². The zero-order chi connectivity index (χ0) is 27.4. The number of hydrogen-bond acceptors (Lipinski definition) is 7. The molecule has 1 heterocycles. The topological polar surface area (TPSA) is 97.0 Å². The van der Waals surface area contributed by atoms with E-state index in [2.05, 4.69) is 26.6 Å². The highest BCUT2D eigenvalue weighted by Gasteiger charge is 2.40. The van der Waals surface area contributed by atoms with Gasteiger partial charge < -0.3 is 20.1 Å². The standard InChI is InChI=1S/C28H26BrN3O5S/c1-16(2)32-27(34)24(30-18-7-5-17(29)6-8-18)25(28(32)35)38-21-12-9-19(10-13-21)31-26(33)22-14-11-20(36-3)15-23(22)37-4/h5-16,30H,1-4H3,(H,31,33). The Kier molecular flexibility index (Phi) is 8.43. The highest BCUT2D eigenvalue weighted by atomic mass is 79.9. The lowest BCUT2D eigenvalue weighted by Gasteiger charge is -2.19. The van der Waals surface area contributed by atoms with Crippen molar-refractivity contribution in [2.45, 2.75) is 24.8 Å². The number of benzene rings is 3. The zero-order valence-electron chi connectivity index (χ0n) is 21.2. The van der Waals surface area contributed by atoms with E-state index in [1.165, 1.54) is 23.8 Å². The molecule has 0 bridgehead atoms. The molecule has 1 aliphatic heterocycles. The molecule has 3 aromatic rings. The summed E-state index contributed by atoms with van der Waals surface area (Å²) in [6.07, 6.45) is 0. The van der Waals surface area contributed by atoms with Crippen LogP contribution in [0.4, 0.5) is 11.4 Å². The molecular weight excluding hydrogens is 570 g/mol. The Morgan fingerprint density at radius 3 is 2.16 bits per heavy atom. The first kappa shape index (κ1) is 27.3. The molecule has 1 aliphatic rings. The smallest absolute Gasteiger partial charge is 0.278 e. The Hall–Kier alpha value is -3.76. The second-order valence-electron chi connectivity index (χ2n) is 8.56. The molecule has 2 N–H and O–H groups in total. The number of anilines is 2. The number of ether oxygens (including phenoxy) is 2. The summed E-state index contributed by atoms with van der Waals surface area (Å²) in [5, 5.41) is 5.97. The van der Waals surface area contributed by atoms with Crippen LogP contribution in [0.1, 0.15) is 24.2 Å². The molecule has 4 rings (SSSR count). The summed E-state index contributed by atoms with van der Waals surface area (Å²) in [5.41, 5.74) is 1.86. The lowest BCUT2D eigenvalue weighted by atomic mass is 10.1. The normalized spacial score (nSPS) is 13.3. The lowest BCUT2D eigenvalue weighted by Crippen LogP contribution is -2.38. The van der Waals surface area contributed by atoms with E-state index < -0.39 is 0 Å². The van der Waals surface area contributed by atoms with E-state index in [0.29, 0.717) is 33.3 Å². The fraction of sp³-hybridized carbons (Fsp3) is 0.179. The molecular formula is C28H26BrN3O5S. The van der Waals surface area contributed by atoms with Crippen LogP contribution < -0.4 is 20.1 Å². The van der Waals surface area contributed by atoms with Gasteiger partial charge >= 0.3 is 0 Å². The summed E-state index contributed by atoms with van der Waals surface area (Å²) >= 11 is 4.60. The van der Waals surface area contributed by atoms with Gasteiger partial charge in [-0.3, -0.25) is 19.3 Å². The van der Waals surface area contributed by atoms with Crippen LogP contribution in [0.5, 0.6) is 11.5 Å². The van der Waals surface area contributed by atoms with Crippen molar-refractivity contribution >= 4 is 56.8 Å². The number of thioether (sulfide) groups is 1. The molecule has 0 radical (unpaired) electrons. The summed E-state index contributed by atoms with van der Waals surface area (Å²) in [6, 6.07) is 19.1. The van der Waals surface area contributed by atoms with E-state index in [1.54, 1.807) is 63.4 Å². The van der Waals surface area contributed by atoms with Crippen LogP contribution in [0.15, 0.2) is 86.7 Å². The van der Waals surface area contributed by atoms with Crippen molar-refractivity contribution in [3.63, 3.8) is 0 Å². The molecule has 8 nitrogen and oxygen atoms in total. The van der Waals surface area contributed by atoms with Crippen LogP contribution in [-0.4, -0.2) is 42.9 Å². The SMILES string of the molecule is COc1ccc(C(=O)Nc2ccc(SC3=C(Nc4ccc(Br)cc4)C(=O)N(C(C)C)C3=O)cc2)c(OC)c1. The number of nitrogens with one attached hydrogen (secondary N) is 2. The van der Waals surface area contributed by atoms with Crippen molar-refractivity contribution in [1.82, 2.24) is 4.90 Å². The van der Waals surface area contributed by atoms with Gasteiger partial charge in [0.15, 0.2) is 0 Å². The molecule has 0 atom stereocenters. The average molecular weight is 597 g/mol. The van der Waals surface area contributed by atoms with Crippen molar-refractivity contribution < 1.29 is 23.9 Å². The molecule has 3 aromatic carbocycles. The molecule has 196 valence electrons. The number of rotatable bonds is 9. The predicted molar refractivity (Wildman–Crippen MR) is 152 cm³/mol. The predicted octanol–water partition coefficient (Wildman–Crippen LogP) is 5.91. The van der Waals surface area contributed by atoms with Gasteiger partial charge in [0.1, 0.15) is 22.1 Å². The van der Waals surface area contributed by atoms with E-state index in [-0.39, 0.29) is 29.5 Å². The Morgan fingerprint density at radius 1 is 0.895 bits per heavy atom. The van der Waals surface area contributed by atoms with Gasteiger partial charge in [-0.05, 0) is 74.5 Å². The first-order valence-corrected chi connectivity index (χ1v) is 13.3. The fourth-order valence-electron chi connectivity index (χ4n) is 3.79. The summed E-state index contributed by atoms with van der Waals surface area (Å²) in [4.78, 5) is 41.5. The highest BCUT2D eigenvalue weighted by molar-refractivity contribution is 9.10. The van der Waals surface area contributed by atoms with Crippen LogP contribution in [-0.2, 0) is 9.59 Å². The van der Waals surface area contributed by atoms with Gasteiger partial charge in [0.25, 0.3) is 17.7 Å². The van der Waals surface area contributed by atoms with Crippen molar-refractivity contribution in [3.05, 3.63) is 87.4 Å². The molecule has 38 heavy (non-hydrogen) atoms. The third-order valence-corrected chi connectivity index (χ3v) is 7.31. The van der Waals surface area contributed by atoms with Crippen molar-refractivity contribution in [1.29, 1.82) is 0 Å². The fourth-order valence-corrected chi connectivity index (χ4v) is 4.98. The van der Waals surface area contributed by atoms with E-state index in [4.69, 9.17) is 9.47 Å². The van der Waals surface area contributed by atoms with Crippen LogP contribution in [0.25, 0.3) is 0 Å². The van der Waals surface area contributed by atoms with E-state index in [0.717, 1.165) is 9.37 Å². The number of methoxy groups -OCH3 is 2. The minimum absolute atomic E-state index is 0.236. The first-order valence-electron chi connectivity index (χ1n) is 11.7. The summed E-state index contributed by atoms with van der Waals surface area (Å²) in [7, 11) is 3.03. The molecule has 10 heteroatoms. The maximum absolute atomic E-state index is 13.2. The molecule has 0 unspecified atom stereocenters. The maximum atomic E-state index is 13.2. The van der Waals surface area contributed by atoms with Gasteiger partial charge in [-0.15, -0.1) is 0 Å². The maximum Gasteiger partial charge on any atom is 0.278 e. The highest BCUT2D eigenvalue weighted by Crippen LogP contribution is 2.37. The third kappa shape index (κ3) is 5.87. The third-order valence-electron chi connectivity index (χ3n) is 5.69. The zero-order valence-corrected chi connectivity index (χ0v) is 23.6. The van der Waals surface area contributed by atoms with E-state index in [9.17, 15) is 14.4 Å². The molecule has 3 amide bonds. The van der Waals surface area contributed by atoms with Gasteiger partial charge in [0, 0.05) is 32.9 Å². The minimum Gasteiger partial charge on any atom is -0.497 e. The Morgan fingerprint density at radius 2 is 1.55 bits per heavy atom. The quantitative estimate of drug-likeness (QED) is 0.297. The largest absolute Gasteiger partial charge is 0.497 e. The van der Waals surface area contributed by atoms with Gasteiger partial charge in [-0.25, -0.2) is 0 Å². The van der Waals surface area contributed by atoms with Crippen molar-refractivity contribution in [2.75, 3.05) is 24.9 Å². The number of hydrogen-bond donors (Lipinski definition) is 2. The minimum atomic E-state index is -0.368. The van der Waals surface area contributed by atoms with Crippen molar-refractivity contribution in [3.8, 4) is 11.5 Å². The van der Waals surface area contributed by atoms with Gasteiger partial charge in [-0.1, -0.05) is 27.7 Å². The van der Waals surface area contributed by atoms with Gasteiger partial charge in [-0.2, -0.15) is 0 Å².